The molecule has 0 saturated heterocycles. The van der Waals surface area contributed by atoms with Gasteiger partial charge in [0.2, 0.25) is 0 Å². The summed E-state index contributed by atoms with van der Waals surface area (Å²) in [5, 5.41) is 9.52. The van der Waals surface area contributed by atoms with Crippen molar-refractivity contribution in [3.8, 4) is 0 Å². The third kappa shape index (κ3) is 4.28. The van der Waals surface area contributed by atoms with Crippen LogP contribution >= 0.6 is 0 Å². The summed E-state index contributed by atoms with van der Waals surface area (Å²) in [5.41, 5.74) is 1.26. The third-order valence-corrected chi connectivity index (χ3v) is 3.36. The van der Waals surface area contributed by atoms with Crippen LogP contribution in [0.4, 0.5) is 0 Å². The first-order valence-corrected chi connectivity index (χ1v) is 7.24. The van der Waals surface area contributed by atoms with Gasteiger partial charge in [0.15, 0.2) is 0 Å². The molecule has 0 bridgehead atoms. The molecule has 1 heterocycles. The highest BCUT2D eigenvalue weighted by molar-refractivity contribution is 5.26. The number of ether oxygens (including phenoxy) is 1. The SMILES string of the molecule is C=C(C)COCn1c(Cc2ccccc2)c(CO)c(=O)[nH]c1=O. The summed E-state index contributed by atoms with van der Waals surface area (Å²) in [7, 11) is 0. The lowest BCUT2D eigenvalue weighted by Gasteiger charge is -2.15. The molecule has 0 saturated carbocycles. The Morgan fingerprint density at radius 2 is 2.00 bits per heavy atom. The van der Waals surface area contributed by atoms with Gasteiger partial charge < -0.3 is 9.84 Å². The molecular weight excluding hydrogens is 296 g/mol. The molecule has 0 aliphatic carbocycles. The number of rotatable bonds is 7. The molecule has 1 aromatic carbocycles. The van der Waals surface area contributed by atoms with E-state index in [9.17, 15) is 14.7 Å². The molecule has 6 nitrogen and oxygen atoms in total. The summed E-state index contributed by atoms with van der Waals surface area (Å²) >= 11 is 0. The van der Waals surface area contributed by atoms with Crippen LogP contribution in [0.25, 0.3) is 0 Å². The van der Waals surface area contributed by atoms with Gasteiger partial charge in [-0.15, -0.1) is 0 Å². The molecule has 1 aromatic heterocycles. The number of aromatic amines is 1. The lowest BCUT2D eigenvalue weighted by atomic mass is 10.1. The molecule has 2 rings (SSSR count). The minimum Gasteiger partial charge on any atom is -0.391 e. The molecule has 2 N–H and O–H groups in total. The first-order valence-electron chi connectivity index (χ1n) is 7.24. The Labute approximate surface area is 133 Å². The minimum atomic E-state index is -0.570. The van der Waals surface area contributed by atoms with Crippen LogP contribution in [-0.2, 0) is 24.5 Å². The van der Waals surface area contributed by atoms with Gasteiger partial charge in [0.25, 0.3) is 5.56 Å². The molecule has 0 radical (unpaired) electrons. The summed E-state index contributed by atoms with van der Waals surface area (Å²) in [6, 6.07) is 9.43. The van der Waals surface area contributed by atoms with Crippen LogP contribution in [0.15, 0.2) is 52.1 Å². The van der Waals surface area contributed by atoms with Gasteiger partial charge >= 0.3 is 5.69 Å². The van der Waals surface area contributed by atoms with Gasteiger partial charge in [0, 0.05) is 12.1 Å². The zero-order chi connectivity index (χ0) is 16.8. The average molecular weight is 316 g/mol. The fraction of sp³-hybridized carbons (Fsp3) is 0.294. The molecular formula is C17H20N2O4. The lowest BCUT2D eigenvalue weighted by molar-refractivity contribution is 0.0890. The van der Waals surface area contributed by atoms with Crippen molar-refractivity contribution in [2.75, 3.05) is 6.61 Å². The summed E-state index contributed by atoms with van der Waals surface area (Å²) in [6.45, 7) is 5.40. The lowest BCUT2D eigenvalue weighted by Crippen LogP contribution is -2.36. The number of H-pyrrole nitrogens is 1. The summed E-state index contributed by atoms with van der Waals surface area (Å²) in [5.74, 6) is 0. The standard InChI is InChI=1S/C17H20N2O4/c1-12(2)10-23-11-19-15(8-13-6-4-3-5-7-13)14(9-20)16(21)18-17(19)22/h3-7,20H,1,8-11H2,2H3,(H,18,21,22). The van der Waals surface area contributed by atoms with Gasteiger partial charge in [-0.25, -0.2) is 4.79 Å². The van der Waals surface area contributed by atoms with Crippen LogP contribution in [0.3, 0.4) is 0 Å². The van der Waals surface area contributed by atoms with Gasteiger partial charge in [-0.3, -0.25) is 14.3 Å². The van der Waals surface area contributed by atoms with Crippen molar-refractivity contribution in [2.24, 2.45) is 0 Å². The molecule has 122 valence electrons. The van der Waals surface area contributed by atoms with Gasteiger partial charge in [0.05, 0.1) is 18.8 Å². The zero-order valence-corrected chi connectivity index (χ0v) is 13.0. The van der Waals surface area contributed by atoms with Crippen molar-refractivity contribution in [1.82, 2.24) is 9.55 Å². The van der Waals surface area contributed by atoms with E-state index in [2.05, 4.69) is 11.6 Å². The van der Waals surface area contributed by atoms with Crippen molar-refractivity contribution in [3.05, 3.63) is 80.1 Å². The maximum atomic E-state index is 12.1. The number of aromatic nitrogens is 2. The first-order chi connectivity index (χ1) is 11.0. The highest BCUT2D eigenvalue weighted by atomic mass is 16.5. The second-order valence-electron chi connectivity index (χ2n) is 5.37. The maximum Gasteiger partial charge on any atom is 0.330 e. The topological polar surface area (TPSA) is 84.3 Å². The first kappa shape index (κ1) is 16.9. The number of nitrogens with zero attached hydrogens (tertiary/aromatic N) is 1. The van der Waals surface area contributed by atoms with E-state index >= 15 is 0 Å². The monoisotopic (exact) mass is 316 g/mol. The van der Waals surface area contributed by atoms with Gasteiger partial charge in [-0.2, -0.15) is 0 Å². The average Bonchev–Trinajstić information content (AvgIpc) is 2.51. The molecule has 6 heteroatoms. The highest BCUT2D eigenvalue weighted by Gasteiger charge is 2.15. The van der Waals surface area contributed by atoms with Crippen LogP contribution in [0.1, 0.15) is 23.7 Å². The molecule has 0 aliphatic rings. The Morgan fingerprint density at radius 3 is 2.61 bits per heavy atom. The van der Waals surface area contributed by atoms with E-state index in [1.165, 1.54) is 4.57 Å². The van der Waals surface area contributed by atoms with Crippen molar-refractivity contribution in [1.29, 1.82) is 0 Å². The fourth-order valence-corrected chi connectivity index (χ4v) is 2.26. The Hall–Kier alpha value is -2.44. The van der Waals surface area contributed by atoms with E-state index in [0.29, 0.717) is 18.7 Å². The number of hydrogen-bond acceptors (Lipinski definition) is 4. The number of aliphatic hydroxyl groups is 1. The molecule has 0 aliphatic heterocycles. The zero-order valence-electron chi connectivity index (χ0n) is 13.0. The smallest absolute Gasteiger partial charge is 0.330 e. The van der Waals surface area contributed by atoms with Gasteiger partial charge in [-0.1, -0.05) is 42.5 Å². The number of aliphatic hydroxyl groups excluding tert-OH is 1. The number of benzene rings is 1. The fourth-order valence-electron chi connectivity index (χ4n) is 2.26. The van der Waals surface area contributed by atoms with Crippen LogP contribution in [0.5, 0.6) is 0 Å². The second-order valence-corrected chi connectivity index (χ2v) is 5.37. The predicted octanol–water partition coefficient (Wildman–Crippen LogP) is 1.17. The van der Waals surface area contributed by atoms with E-state index in [0.717, 1.165) is 11.1 Å². The second kappa shape index (κ2) is 7.71. The van der Waals surface area contributed by atoms with E-state index in [-0.39, 0.29) is 12.3 Å². The number of hydrogen-bond donors (Lipinski definition) is 2. The Kier molecular flexibility index (Phi) is 5.67. The molecule has 0 fully saturated rings. The van der Waals surface area contributed by atoms with Crippen LogP contribution in [0.2, 0.25) is 0 Å². The van der Waals surface area contributed by atoms with Gasteiger partial charge in [0.1, 0.15) is 6.73 Å². The van der Waals surface area contributed by atoms with Crippen molar-refractivity contribution >= 4 is 0 Å². The molecule has 2 aromatic rings. The summed E-state index contributed by atoms with van der Waals surface area (Å²) in [6.07, 6.45) is 0.353. The summed E-state index contributed by atoms with van der Waals surface area (Å²) in [4.78, 5) is 26.3. The highest BCUT2D eigenvalue weighted by Crippen LogP contribution is 2.11. The quantitative estimate of drug-likeness (QED) is 0.751. The van der Waals surface area contributed by atoms with Crippen molar-refractivity contribution < 1.29 is 9.84 Å². The summed E-state index contributed by atoms with van der Waals surface area (Å²) < 4.78 is 6.78. The molecule has 23 heavy (non-hydrogen) atoms. The maximum absolute atomic E-state index is 12.1. The Bertz CT molecular complexity index is 790. The molecule has 0 spiro atoms. The van der Waals surface area contributed by atoms with E-state index < -0.39 is 17.9 Å². The van der Waals surface area contributed by atoms with Crippen LogP contribution in [0, 0.1) is 0 Å². The van der Waals surface area contributed by atoms with Gasteiger partial charge in [-0.05, 0) is 12.5 Å². The van der Waals surface area contributed by atoms with Crippen LogP contribution < -0.4 is 11.2 Å². The molecule has 0 atom stereocenters. The number of nitrogens with one attached hydrogen (secondary N) is 1. The predicted molar refractivity (Wildman–Crippen MR) is 87.3 cm³/mol. The third-order valence-electron chi connectivity index (χ3n) is 3.36. The Morgan fingerprint density at radius 1 is 1.30 bits per heavy atom. The molecule has 0 amide bonds. The largest absolute Gasteiger partial charge is 0.391 e. The van der Waals surface area contributed by atoms with E-state index in [4.69, 9.17) is 4.74 Å². The van der Waals surface area contributed by atoms with Crippen molar-refractivity contribution in [3.63, 3.8) is 0 Å². The normalized spacial score (nSPS) is 10.7. The van der Waals surface area contributed by atoms with Crippen molar-refractivity contribution in [2.45, 2.75) is 26.7 Å². The minimum absolute atomic E-state index is 0.0162. The van der Waals surface area contributed by atoms with E-state index in [1.807, 2.05) is 37.3 Å². The Balaban J connectivity index is 2.44. The van der Waals surface area contributed by atoms with E-state index in [1.54, 1.807) is 0 Å². The van der Waals surface area contributed by atoms with Crippen LogP contribution in [-0.4, -0.2) is 21.3 Å². The molecule has 0 unspecified atom stereocenters.